The normalized spacial score (nSPS) is 18.6. The van der Waals surface area contributed by atoms with Crippen LogP contribution in [0.15, 0.2) is 83.7 Å². The van der Waals surface area contributed by atoms with Crippen LogP contribution in [-0.2, 0) is 11.3 Å². The number of aromatic nitrogens is 1. The Kier molecular flexibility index (Phi) is 7.46. The summed E-state index contributed by atoms with van der Waals surface area (Å²) in [5.41, 5.74) is 2.50. The highest BCUT2D eigenvalue weighted by molar-refractivity contribution is 5.96. The van der Waals surface area contributed by atoms with Crippen LogP contribution in [-0.4, -0.2) is 66.6 Å². The van der Waals surface area contributed by atoms with Gasteiger partial charge in [0.15, 0.2) is 30.3 Å². The van der Waals surface area contributed by atoms with E-state index in [-0.39, 0.29) is 43.2 Å². The van der Waals surface area contributed by atoms with Gasteiger partial charge in [0.05, 0.1) is 25.9 Å². The zero-order valence-electron chi connectivity index (χ0n) is 22.7. The Labute approximate surface area is 241 Å². The molecule has 1 aromatic heterocycles. The van der Waals surface area contributed by atoms with Crippen molar-refractivity contribution >= 4 is 17.7 Å². The van der Waals surface area contributed by atoms with Gasteiger partial charge in [0, 0.05) is 29.8 Å². The van der Waals surface area contributed by atoms with Gasteiger partial charge >= 0.3 is 0 Å². The molecule has 1 saturated heterocycles. The third-order valence-corrected chi connectivity index (χ3v) is 7.20. The van der Waals surface area contributed by atoms with Gasteiger partial charge in [-0.25, -0.2) is 4.98 Å². The van der Waals surface area contributed by atoms with Gasteiger partial charge in [-0.05, 0) is 48.0 Å². The van der Waals surface area contributed by atoms with Crippen molar-refractivity contribution in [2.24, 2.45) is 0 Å². The summed E-state index contributed by atoms with van der Waals surface area (Å²) in [5.74, 6) is 0.966. The molecule has 3 amide bonds. The fourth-order valence-electron chi connectivity index (χ4n) is 4.95. The molecule has 0 aliphatic carbocycles. The molecule has 2 N–H and O–H groups in total. The second-order valence-electron chi connectivity index (χ2n) is 9.96. The summed E-state index contributed by atoms with van der Waals surface area (Å²) in [6.45, 7) is 0.574. The van der Waals surface area contributed by atoms with Crippen LogP contribution in [0, 0.1) is 0 Å². The number of methoxy groups -OCH3 is 1. The van der Waals surface area contributed by atoms with E-state index in [0.717, 1.165) is 11.1 Å². The van der Waals surface area contributed by atoms with Gasteiger partial charge in [0.1, 0.15) is 11.9 Å². The number of hydrogen-bond donors (Lipinski definition) is 2. The fraction of sp³-hybridized carbons (Fsp3) is 0.226. The summed E-state index contributed by atoms with van der Waals surface area (Å²) in [6.07, 6.45) is 2.45. The number of carbonyl (C=O) groups is 3. The summed E-state index contributed by atoms with van der Waals surface area (Å²) >= 11 is 0. The van der Waals surface area contributed by atoms with Gasteiger partial charge in [-0.2, -0.15) is 0 Å². The fourth-order valence-corrected chi connectivity index (χ4v) is 4.95. The lowest BCUT2D eigenvalue weighted by Gasteiger charge is -2.21. The molecule has 2 atom stereocenters. The second kappa shape index (κ2) is 11.7. The molecule has 3 aliphatic heterocycles. The van der Waals surface area contributed by atoms with Crippen molar-refractivity contribution in [3.63, 3.8) is 0 Å². The first-order chi connectivity index (χ1) is 20.5. The molecule has 42 heavy (non-hydrogen) atoms. The summed E-state index contributed by atoms with van der Waals surface area (Å²) in [7, 11) is 1.48. The Balaban J connectivity index is 1.26. The lowest BCUT2D eigenvalue weighted by molar-refractivity contribution is -0.123. The highest BCUT2D eigenvalue weighted by atomic mass is 16.5. The van der Waals surface area contributed by atoms with Crippen LogP contribution in [0.2, 0.25) is 0 Å². The molecule has 0 unspecified atom stereocenters. The van der Waals surface area contributed by atoms with Crippen LogP contribution in [0.3, 0.4) is 0 Å². The number of nitrogens with one attached hydrogen (secondary N) is 2. The van der Waals surface area contributed by atoms with Crippen LogP contribution in [0.4, 0.5) is 0 Å². The molecule has 3 aromatic carbocycles. The predicted molar refractivity (Wildman–Crippen MR) is 150 cm³/mol. The van der Waals surface area contributed by atoms with Crippen LogP contribution >= 0.6 is 0 Å². The zero-order chi connectivity index (χ0) is 29.1. The highest BCUT2D eigenvalue weighted by Gasteiger charge is 2.38. The predicted octanol–water partition coefficient (Wildman–Crippen LogP) is 3.06. The standard InChI is InChI=1S/C31H28N4O7/c1-39-25-11-8-22-12-26(25)40-17-29(36)33-13-19-2-9-23(10-3-19)42-28-16-35(15-24(28)34-30(22)37)31(38)21-6-4-20(5-7-21)27-14-32-18-41-27/h2-12,14,18,24,28H,13,15-17H2,1H3,(H,33,36)(H,34,37)/t24-,28-/m0/s1. The maximum absolute atomic E-state index is 13.5. The Morgan fingerprint density at radius 2 is 1.79 bits per heavy atom. The summed E-state index contributed by atoms with van der Waals surface area (Å²) < 4.78 is 22.7. The Hall–Kier alpha value is -5.32. The van der Waals surface area contributed by atoms with Crippen molar-refractivity contribution in [3.8, 4) is 28.6 Å². The first kappa shape index (κ1) is 26.9. The molecule has 0 radical (unpaired) electrons. The van der Waals surface area contributed by atoms with Crippen molar-refractivity contribution in [3.05, 3.63) is 96.0 Å². The van der Waals surface area contributed by atoms with E-state index >= 15 is 0 Å². The molecule has 3 aliphatic rings. The minimum absolute atomic E-state index is 0.183. The number of amides is 3. The Bertz CT molecular complexity index is 1590. The van der Waals surface area contributed by atoms with Gasteiger partial charge in [-0.3, -0.25) is 14.4 Å². The number of rotatable bonds is 3. The molecule has 11 nitrogen and oxygen atoms in total. The number of oxazole rings is 1. The number of nitrogens with zero attached hydrogens (tertiary/aromatic N) is 2. The summed E-state index contributed by atoms with van der Waals surface area (Å²) in [4.78, 5) is 44.9. The third kappa shape index (κ3) is 5.75. The molecule has 4 heterocycles. The molecule has 0 saturated carbocycles. The van der Waals surface area contributed by atoms with Crippen molar-refractivity contribution in [1.82, 2.24) is 20.5 Å². The quantitative estimate of drug-likeness (QED) is 0.386. The van der Waals surface area contributed by atoms with Crippen LogP contribution in [0.5, 0.6) is 17.2 Å². The van der Waals surface area contributed by atoms with Crippen molar-refractivity contribution < 1.29 is 33.0 Å². The van der Waals surface area contributed by atoms with E-state index in [1.807, 2.05) is 12.1 Å². The first-order valence-corrected chi connectivity index (χ1v) is 13.4. The minimum Gasteiger partial charge on any atom is -0.493 e. The summed E-state index contributed by atoms with van der Waals surface area (Å²) in [6, 6.07) is 18.6. The number of ether oxygens (including phenoxy) is 3. The van der Waals surface area contributed by atoms with Crippen LogP contribution < -0.4 is 24.8 Å². The van der Waals surface area contributed by atoms with Crippen molar-refractivity contribution in [2.75, 3.05) is 26.8 Å². The van der Waals surface area contributed by atoms with E-state index in [2.05, 4.69) is 15.6 Å². The molecular formula is C31H28N4O7. The van der Waals surface area contributed by atoms with Gasteiger partial charge in [0.25, 0.3) is 17.7 Å². The monoisotopic (exact) mass is 568 g/mol. The molecule has 0 spiro atoms. The van der Waals surface area contributed by atoms with Crippen LogP contribution in [0.25, 0.3) is 11.3 Å². The minimum atomic E-state index is -0.512. The molecule has 4 bridgehead atoms. The smallest absolute Gasteiger partial charge is 0.258 e. The third-order valence-electron chi connectivity index (χ3n) is 7.20. The van der Waals surface area contributed by atoms with E-state index < -0.39 is 12.1 Å². The first-order valence-electron chi connectivity index (χ1n) is 13.4. The number of fused-ring (bicyclic) bond motifs is 7. The highest BCUT2D eigenvalue weighted by Crippen LogP contribution is 2.29. The van der Waals surface area contributed by atoms with Crippen molar-refractivity contribution in [2.45, 2.75) is 18.7 Å². The zero-order valence-corrected chi connectivity index (χ0v) is 22.7. The van der Waals surface area contributed by atoms with Gasteiger partial charge < -0.3 is 34.2 Å². The molecule has 4 aromatic rings. The second-order valence-corrected chi connectivity index (χ2v) is 9.96. The van der Waals surface area contributed by atoms with Crippen LogP contribution in [0.1, 0.15) is 26.3 Å². The van der Waals surface area contributed by atoms with Gasteiger partial charge in [-0.15, -0.1) is 0 Å². The van der Waals surface area contributed by atoms with E-state index in [0.29, 0.717) is 34.9 Å². The van der Waals surface area contributed by atoms with Gasteiger partial charge in [-0.1, -0.05) is 24.3 Å². The van der Waals surface area contributed by atoms with E-state index in [4.69, 9.17) is 18.6 Å². The average Bonchev–Trinajstić information content (AvgIpc) is 3.70. The van der Waals surface area contributed by atoms with E-state index in [1.165, 1.54) is 19.6 Å². The molecule has 214 valence electrons. The van der Waals surface area contributed by atoms with E-state index in [9.17, 15) is 14.4 Å². The largest absolute Gasteiger partial charge is 0.493 e. The van der Waals surface area contributed by atoms with E-state index in [1.54, 1.807) is 59.6 Å². The topological polar surface area (TPSA) is 132 Å². The van der Waals surface area contributed by atoms with Crippen molar-refractivity contribution in [1.29, 1.82) is 0 Å². The average molecular weight is 569 g/mol. The number of benzene rings is 3. The maximum atomic E-state index is 13.5. The Morgan fingerprint density at radius 3 is 2.52 bits per heavy atom. The maximum Gasteiger partial charge on any atom is 0.258 e. The number of likely N-dealkylation sites (tertiary alicyclic amines) is 1. The molecule has 7 rings (SSSR count). The lowest BCUT2D eigenvalue weighted by Crippen LogP contribution is -2.45. The number of carbonyl (C=O) groups excluding carboxylic acids is 3. The number of hydrogen-bond acceptors (Lipinski definition) is 8. The molecule has 1 fully saturated rings. The SMILES string of the molecule is COc1ccc2cc1OCC(=O)NCc1ccc(cc1)O[C@H]1CN(C(=O)c3ccc(-c4cnco4)cc3)C[C@@H]1NC2=O. The lowest BCUT2D eigenvalue weighted by atomic mass is 10.1. The molecular weight excluding hydrogens is 540 g/mol. The molecule has 11 heteroatoms. The van der Waals surface area contributed by atoms with Gasteiger partial charge in [0.2, 0.25) is 0 Å². The summed E-state index contributed by atoms with van der Waals surface area (Å²) in [5, 5.41) is 5.84. The Morgan fingerprint density at radius 1 is 1.00 bits per heavy atom.